The number of fused-ring (bicyclic) bond motifs is 1. The Hall–Kier alpha value is -1.88. The summed E-state index contributed by atoms with van der Waals surface area (Å²) < 4.78 is 0. The lowest BCUT2D eigenvalue weighted by Crippen LogP contribution is -2.42. The molecule has 0 saturated carbocycles. The molecule has 3 heterocycles. The first-order valence-corrected chi connectivity index (χ1v) is 8.11. The maximum atomic E-state index is 12.5. The summed E-state index contributed by atoms with van der Waals surface area (Å²) in [6.07, 6.45) is 2.44. The largest absolute Gasteiger partial charge is 0.367 e. The molecule has 1 aromatic rings. The average Bonchev–Trinajstić information content (AvgIpc) is 3.24. The Kier molecular flexibility index (Phi) is 3.37. The van der Waals surface area contributed by atoms with Crippen LogP contribution in [0.1, 0.15) is 18.4 Å². The standard InChI is InChI=1S/C17H21N3O2/c21-14-6-7-19(11-14)17(22)15-9-13(10-18-15)20-8-5-12-3-1-2-4-16(12)20/h1-4,13,15,18H,5-11H2/t13-,15-/m0/s1. The highest BCUT2D eigenvalue weighted by atomic mass is 16.2. The number of hydrogen-bond acceptors (Lipinski definition) is 4. The number of rotatable bonds is 2. The maximum Gasteiger partial charge on any atom is 0.240 e. The van der Waals surface area contributed by atoms with Crippen molar-refractivity contribution in [3.63, 3.8) is 0 Å². The number of nitrogens with one attached hydrogen (secondary N) is 1. The molecule has 3 aliphatic heterocycles. The fraction of sp³-hybridized carbons (Fsp3) is 0.529. The zero-order valence-electron chi connectivity index (χ0n) is 12.6. The monoisotopic (exact) mass is 299 g/mol. The Morgan fingerprint density at radius 2 is 2.05 bits per heavy atom. The Morgan fingerprint density at radius 1 is 1.18 bits per heavy atom. The van der Waals surface area contributed by atoms with E-state index in [1.165, 1.54) is 11.3 Å². The lowest BCUT2D eigenvalue weighted by atomic mass is 10.1. The number of nitrogens with zero attached hydrogens (tertiary/aromatic N) is 2. The summed E-state index contributed by atoms with van der Waals surface area (Å²) in [6.45, 7) is 2.77. The van der Waals surface area contributed by atoms with Gasteiger partial charge in [0, 0.05) is 37.8 Å². The van der Waals surface area contributed by atoms with E-state index in [2.05, 4.69) is 34.5 Å². The second-order valence-corrected chi connectivity index (χ2v) is 6.47. The van der Waals surface area contributed by atoms with Crippen LogP contribution in [-0.4, -0.2) is 54.9 Å². The molecule has 1 amide bonds. The number of hydrogen-bond donors (Lipinski definition) is 1. The third kappa shape index (κ3) is 2.29. The molecule has 2 atom stereocenters. The SMILES string of the molecule is O=C1CCN(C(=O)[C@@H]2C[C@H](N3CCc4ccccc43)CN2)C1. The summed E-state index contributed by atoms with van der Waals surface area (Å²) in [5.41, 5.74) is 2.72. The molecule has 0 spiro atoms. The Morgan fingerprint density at radius 3 is 2.86 bits per heavy atom. The number of para-hydroxylation sites is 1. The molecule has 1 N–H and O–H groups in total. The molecule has 5 nitrogen and oxygen atoms in total. The number of Topliss-reactive ketones (excluding diaryl/α,β-unsaturated/α-hetero) is 1. The highest BCUT2D eigenvalue weighted by Gasteiger charge is 2.38. The van der Waals surface area contributed by atoms with Crippen LogP contribution >= 0.6 is 0 Å². The third-order valence-electron chi connectivity index (χ3n) is 5.11. The number of anilines is 1. The van der Waals surface area contributed by atoms with Crippen molar-refractivity contribution in [2.75, 3.05) is 31.1 Å². The minimum Gasteiger partial charge on any atom is -0.367 e. The van der Waals surface area contributed by atoms with Crippen molar-refractivity contribution in [2.24, 2.45) is 0 Å². The molecule has 0 radical (unpaired) electrons. The van der Waals surface area contributed by atoms with E-state index in [9.17, 15) is 9.59 Å². The molecule has 1 aromatic carbocycles. The minimum absolute atomic E-state index is 0.0980. The van der Waals surface area contributed by atoms with Crippen LogP contribution in [-0.2, 0) is 16.0 Å². The van der Waals surface area contributed by atoms with E-state index in [4.69, 9.17) is 0 Å². The molecule has 0 aromatic heterocycles. The second kappa shape index (κ2) is 5.39. The second-order valence-electron chi connectivity index (χ2n) is 6.47. The van der Waals surface area contributed by atoms with Crippen molar-refractivity contribution in [1.82, 2.24) is 10.2 Å². The van der Waals surface area contributed by atoms with Gasteiger partial charge < -0.3 is 15.1 Å². The average molecular weight is 299 g/mol. The zero-order valence-corrected chi connectivity index (χ0v) is 12.6. The van der Waals surface area contributed by atoms with Crippen LogP contribution in [0.4, 0.5) is 5.69 Å². The van der Waals surface area contributed by atoms with E-state index in [-0.39, 0.29) is 17.7 Å². The number of carbonyl (C=O) groups excluding carboxylic acids is 2. The van der Waals surface area contributed by atoms with E-state index >= 15 is 0 Å². The highest BCUT2D eigenvalue weighted by Crippen LogP contribution is 2.31. The van der Waals surface area contributed by atoms with Gasteiger partial charge in [-0.2, -0.15) is 0 Å². The molecule has 0 unspecified atom stereocenters. The number of benzene rings is 1. The molecule has 5 heteroatoms. The summed E-state index contributed by atoms with van der Waals surface area (Å²) in [5, 5.41) is 3.36. The van der Waals surface area contributed by atoms with Crippen LogP contribution < -0.4 is 10.2 Å². The first kappa shape index (κ1) is 13.8. The molecule has 2 fully saturated rings. The van der Waals surface area contributed by atoms with Gasteiger partial charge in [-0.3, -0.25) is 9.59 Å². The molecule has 0 aliphatic carbocycles. The molecule has 116 valence electrons. The fourth-order valence-corrected chi connectivity index (χ4v) is 3.92. The van der Waals surface area contributed by atoms with Gasteiger partial charge in [-0.1, -0.05) is 18.2 Å². The van der Waals surface area contributed by atoms with Gasteiger partial charge in [0.25, 0.3) is 0 Å². The predicted octanol–water partition coefficient (Wildman–Crippen LogP) is 0.581. The number of ketones is 1. The number of amides is 1. The first-order valence-electron chi connectivity index (χ1n) is 8.11. The van der Waals surface area contributed by atoms with Crippen molar-refractivity contribution in [3.8, 4) is 0 Å². The van der Waals surface area contributed by atoms with Gasteiger partial charge >= 0.3 is 0 Å². The van der Waals surface area contributed by atoms with E-state index in [1.54, 1.807) is 4.90 Å². The summed E-state index contributed by atoms with van der Waals surface area (Å²) >= 11 is 0. The van der Waals surface area contributed by atoms with Crippen molar-refractivity contribution in [3.05, 3.63) is 29.8 Å². The molecule has 22 heavy (non-hydrogen) atoms. The summed E-state index contributed by atoms with van der Waals surface area (Å²) in [7, 11) is 0. The van der Waals surface area contributed by atoms with E-state index in [0.717, 1.165) is 25.9 Å². The first-order chi connectivity index (χ1) is 10.7. The quantitative estimate of drug-likeness (QED) is 0.868. The molecule has 4 rings (SSSR count). The van der Waals surface area contributed by atoms with Crippen LogP contribution in [0.5, 0.6) is 0 Å². The molecule has 3 aliphatic rings. The molecular formula is C17H21N3O2. The summed E-state index contributed by atoms with van der Waals surface area (Å²) in [5.74, 6) is 0.275. The minimum atomic E-state index is -0.135. The van der Waals surface area contributed by atoms with Crippen molar-refractivity contribution >= 4 is 17.4 Å². The van der Waals surface area contributed by atoms with Gasteiger partial charge in [-0.15, -0.1) is 0 Å². The van der Waals surface area contributed by atoms with Crippen LogP contribution in [0.25, 0.3) is 0 Å². The van der Waals surface area contributed by atoms with E-state index in [1.807, 2.05) is 0 Å². The number of likely N-dealkylation sites (tertiary alicyclic amines) is 1. The van der Waals surface area contributed by atoms with Gasteiger partial charge in [0.15, 0.2) is 5.78 Å². The zero-order chi connectivity index (χ0) is 15.1. The molecule has 2 saturated heterocycles. The van der Waals surface area contributed by atoms with E-state index < -0.39 is 0 Å². The van der Waals surface area contributed by atoms with Crippen LogP contribution in [0.2, 0.25) is 0 Å². The van der Waals surface area contributed by atoms with Gasteiger partial charge in [0.1, 0.15) is 0 Å². The predicted molar refractivity (Wildman–Crippen MR) is 83.9 cm³/mol. The molecule has 0 bridgehead atoms. The van der Waals surface area contributed by atoms with Crippen molar-refractivity contribution < 1.29 is 9.59 Å². The normalized spacial score (nSPS) is 27.5. The third-order valence-corrected chi connectivity index (χ3v) is 5.11. The fourth-order valence-electron chi connectivity index (χ4n) is 3.92. The topological polar surface area (TPSA) is 52.7 Å². The number of carbonyl (C=O) groups is 2. The summed E-state index contributed by atoms with van der Waals surface area (Å²) in [4.78, 5) is 28.0. The van der Waals surface area contributed by atoms with Crippen molar-refractivity contribution in [1.29, 1.82) is 0 Å². The van der Waals surface area contributed by atoms with Gasteiger partial charge in [0.2, 0.25) is 5.91 Å². The Labute approximate surface area is 130 Å². The van der Waals surface area contributed by atoms with Crippen LogP contribution in [0.15, 0.2) is 24.3 Å². The van der Waals surface area contributed by atoms with Gasteiger partial charge in [0.05, 0.1) is 12.6 Å². The maximum absolute atomic E-state index is 12.5. The lowest BCUT2D eigenvalue weighted by molar-refractivity contribution is -0.133. The molecular weight excluding hydrogens is 278 g/mol. The summed E-state index contributed by atoms with van der Waals surface area (Å²) in [6, 6.07) is 8.77. The van der Waals surface area contributed by atoms with Crippen molar-refractivity contribution in [2.45, 2.75) is 31.3 Å². The Balaban J connectivity index is 1.43. The van der Waals surface area contributed by atoms with Crippen LogP contribution in [0.3, 0.4) is 0 Å². The highest BCUT2D eigenvalue weighted by molar-refractivity contribution is 5.91. The van der Waals surface area contributed by atoms with Gasteiger partial charge in [-0.25, -0.2) is 0 Å². The Bertz CT molecular complexity index is 616. The van der Waals surface area contributed by atoms with E-state index in [0.29, 0.717) is 25.6 Å². The van der Waals surface area contributed by atoms with Gasteiger partial charge in [-0.05, 0) is 24.5 Å². The lowest BCUT2D eigenvalue weighted by Gasteiger charge is -2.26. The van der Waals surface area contributed by atoms with Crippen LogP contribution in [0, 0.1) is 0 Å². The smallest absolute Gasteiger partial charge is 0.240 e.